The second-order valence-electron chi connectivity index (χ2n) is 5.83. The van der Waals surface area contributed by atoms with Crippen molar-refractivity contribution in [2.75, 3.05) is 45.7 Å². The largest absolute Gasteiger partial charge is 1.00 e. The number of methoxy groups -OCH3 is 1. The molecule has 0 aliphatic rings. The number of hydrogen-bond donors (Lipinski definition) is 2. The van der Waals surface area contributed by atoms with Gasteiger partial charge in [0, 0.05) is 18.7 Å². The van der Waals surface area contributed by atoms with Gasteiger partial charge in [0.15, 0.2) is 0 Å². The molecule has 136 valence electrons. The van der Waals surface area contributed by atoms with E-state index < -0.39 is 0 Å². The highest BCUT2D eigenvalue weighted by Crippen LogP contribution is 2.23. The van der Waals surface area contributed by atoms with Crippen molar-refractivity contribution in [2.24, 2.45) is 0 Å². The molecule has 1 rings (SSSR count). The molecule has 0 bridgehead atoms. The summed E-state index contributed by atoms with van der Waals surface area (Å²) in [5, 5.41) is 5.61. The van der Waals surface area contributed by atoms with Crippen molar-refractivity contribution in [1.29, 1.82) is 0 Å². The van der Waals surface area contributed by atoms with Crippen LogP contribution in [0.25, 0.3) is 0 Å². The zero-order valence-corrected chi connectivity index (χ0v) is 17.3. The molecule has 1 aromatic carbocycles. The molecule has 0 aliphatic carbocycles. The molecular formula is C17H28IN3O3. The number of likely N-dealkylation sites (N-methyl/N-ethyl adjacent to an activating group) is 1. The zero-order chi connectivity index (χ0) is 17.5. The van der Waals surface area contributed by atoms with E-state index in [4.69, 9.17) is 4.74 Å². The number of benzene rings is 1. The Balaban J connectivity index is 0.00000529. The summed E-state index contributed by atoms with van der Waals surface area (Å²) in [5.74, 6) is 0.104. The van der Waals surface area contributed by atoms with E-state index in [9.17, 15) is 9.59 Å². The number of hydrogen-bond acceptors (Lipinski definition) is 3. The van der Waals surface area contributed by atoms with Crippen LogP contribution < -0.4 is 39.3 Å². The minimum atomic E-state index is -0.171. The third-order valence-corrected chi connectivity index (χ3v) is 4.23. The fraction of sp³-hybridized carbons (Fsp3) is 0.529. The summed E-state index contributed by atoms with van der Waals surface area (Å²) in [6.07, 6.45) is 0. The third-order valence-electron chi connectivity index (χ3n) is 4.23. The highest BCUT2D eigenvalue weighted by Gasteiger charge is 2.18. The maximum atomic E-state index is 12.3. The molecule has 0 aromatic heterocycles. The fourth-order valence-corrected chi connectivity index (χ4v) is 2.23. The van der Waals surface area contributed by atoms with Crippen molar-refractivity contribution in [3.05, 3.63) is 23.8 Å². The van der Waals surface area contributed by atoms with Crippen molar-refractivity contribution in [2.45, 2.75) is 20.8 Å². The molecule has 2 amide bonds. The van der Waals surface area contributed by atoms with Crippen LogP contribution in [0.3, 0.4) is 0 Å². The number of carbonyl (C=O) groups is 2. The Labute approximate surface area is 161 Å². The number of halogens is 1. The van der Waals surface area contributed by atoms with Crippen molar-refractivity contribution in [3.63, 3.8) is 0 Å². The summed E-state index contributed by atoms with van der Waals surface area (Å²) in [7, 11) is 3.68. The van der Waals surface area contributed by atoms with Gasteiger partial charge in [-0.05, 0) is 26.0 Å². The van der Waals surface area contributed by atoms with Crippen LogP contribution >= 0.6 is 0 Å². The van der Waals surface area contributed by atoms with E-state index in [0.717, 1.165) is 24.1 Å². The number of ether oxygens (including phenoxy) is 1. The van der Waals surface area contributed by atoms with Gasteiger partial charge in [-0.3, -0.25) is 9.59 Å². The SMILES string of the molecule is CC[N+](C)(CC)CCNC(=O)c1ccc(NC(C)=O)cc1OC.[I-]. The van der Waals surface area contributed by atoms with Crippen LogP contribution in [0.4, 0.5) is 5.69 Å². The number of nitrogens with zero attached hydrogens (tertiary/aromatic N) is 1. The molecular weight excluding hydrogens is 421 g/mol. The number of carbonyl (C=O) groups excluding carboxylic acids is 2. The molecule has 24 heavy (non-hydrogen) atoms. The average molecular weight is 449 g/mol. The summed E-state index contributed by atoms with van der Waals surface area (Å²) in [6.45, 7) is 9.27. The minimum absolute atomic E-state index is 0. The van der Waals surface area contributed by atoms with E-state index in [1.165, 1.54) is 14.0 Å². The standard InChI is InChI=1S/C17H27N3O3.HI/c1-6-20(4,7-2)11-10-18-17(22)15-9-8-14(19-13(3)21)12-16(15)23-5;/h8-9,12H,6-7,10-11H2,1-5H3,(H-,18,19,21,22);1H. The fourth-order valence-electron chi connectivity index (χ4n) is 2.23. The summed E-state index contributed by atoms with van der Waals surface area (Å²) < 4.78 is 6.18. The highest BCUT2D eigenvalue weighted by molar-refractivity contribution is 5.98. The summed E-state index contributed by atoms with van der Waals surface area (Å²) in [6, 6.07) is 5.00. The van der Waals surface area contributed by atoms with Crippen LogP contribution in [0, 0.1) is 0 Å². The van der Waals surface area contributed by atoms with E-state index in [0.29, 0.717) is 23.5 Å². The number of nitrogens with one attached hydrogen (secondary N) is 2. The highest BCUT2D eigenvalue weighted by atomic mass is 127. The number of anilines is 1. The molecule has 0 spiro atoms. The number of amides is 2. The first-order valence-electron chi connectivity index (χ1n) is 7.92. The normalized spacial score (nSPS) is 10.5. The van der Waals surface area contributed by atoms with E-state index in [-0.39, 0.29) is 35.8 Å². The molecule has 0 radical (unpaired) electrons. The Morgan fingerprint density at radius 2 is 1.83 bits per heavy atom. The molecule has 6 nitrogen and oxygen atoms in total. The molecule has 1 aromatic rings. The number of quaternary nitrogens is 1. The zero-order valence-electron chi connectivity index (χ0n) is 15.1. The lowest BCUT2D eigenvalue weighted by molar-refractivity contribution is -0.904. The lowest BCUT2D eigenvalue weighted by atomic mass is 10.1. The molecule has 0 saturated heterocycles. The van der Waals surface area contributed by atoms with Gasteiger partial charge in [-0.1, -0.05) is 0 Å². The maximum absolute atomic E-state index is 12.3. The topological polar surface area (TPSA) is 67.4 Å². The molecule has 0 aliphatic heterocycles. The van der Waals surface area contributed by atoms with Crippen molar-refractivity contribution in [1.82, 2.24) is 5.32 Å². The van der Waals surface area contributed by atoms with Gasteiger partial charge in [-0.25, -0.2) is 0 Å². The van der Waals surface area contributed by atoms with Gasteiger partial charge < -0.3 is 43.8 Å². The van der Waals surface area contributed by atoms with E-state index in [1.807, 2.05) is 0 Å². The number of rotatable bonds is 8. The van der Waals surface area contributed by atoms with Gasteiger partial charge in [-0.2, -0.15) is 0 Å². The molecule has 0 atom stereocenters. The Morgan fingerprint density at radius 1 is 1.21 bits per heavy atom. The summed E-state index contributed by atoms with van der Waals surface area (Å²) in [4.78, 5) is 23.4. The van der Waals surface area contributed by atoms with Gasteiger partial charge in [0.2, 0.25) is 5.91 Å². The van der Waals surface area contributed by atoms with Crippen molar-refractivity contribution < 1.29 is 42.8 Å². The van der Waals surface area contributed by atoms with Crippen molar-refractivity contribution in [3.8, 4) is 5.75 Å². The summed E-state index contributed by atoms with van der Waals surface area (Å²) >= 11 is 0. The van der Waals surface area contributed by atoms with E-state index in [2.05, 4.69) is 31.5 Å². The van der Waals surface area contributed by atoms with Crippen LogP contribution in [-0.4, -0.2) is 56.6 Å². The van der Waals surface area contributed by atoms with Gasteiger partial charge in [0.1, 0.15) is 5.75 Å². The lowest BCUT2D eigenvalue weighted by Crippen LogP contribution is -3.00. The predicted octanol–water partition coefficient (Wildman–Crippen LogP) is -1.13. The molecule has 0 saturated carbocycles. The first-order valence-corrected chi connectivity index (χ1v) is 7.92. The Kier molecular flexibility index (Phi) is 9.91. The van der Waals surface area contributed by atoms with E-state index in [1.54, 1.807) is 18.2 Å². The molecule has 7 heteroatoms. The van der Waals surface area contributed by atoms with Crippen molar-refractivity contribution >= 4 is 17.5 Å². The van der Waals surface area contributed by atoms with Crippen LogP contribution in [-0.2, 0) is 4.79 Å². The van der Waals surface area contributed by atoms with Crippen LogP contribution in [0.5, 0.6) is 5.75 Å². The van der Waals surface area contributed by atoms with Gasteiger partial charge in [0.05, 0.1) is 45.9 Å². The maximum Gasteiger partial charge on any atom is 0.255 e. The third kappa shape index (κ3) is 6.64. The molecule has 0 heterocycles. The quantitative estimate of drug-likeness (QED) is 0.390. The second-order valence-corrected chi connectivity index (χ2v) is 5.83. The Hall–Kier alpha value is -1.35. The van der Waals surface area contributed by atoms with Crippen LogP contribution in [0.2, 0.25) is 0 Å². The van der Waals surface area contributed by atoms with Crippen LogP contribution in [0.1, 0.15) is 31.1 Å². The Morgan fingerprint density at radius 3 is 2.33 bits per heavy atom. The first kappa shape index (κ1) is 22.6. The molecule has 2 N–H and O–H groups in total. The lowest BCUT2D eigenvalue weighted by Gasteiger charge is -2.32. The van der Waals surface area contributed by atoms with E-state index >= 15 is 0 Å². The van der Waals surface area contributed by atoms with Gasteiger partial charge in [-0.15, -0.1) is 0 Å². The Bertz CT molecular complexity index is 560. The van der Waals surface area contributed by atoms with Crippen LogP contribution in [0.15, 0.2) is 18.2 Å². The average Bonchev–Trinajstić information content (AvgIpc) is 2.53. The summed E-state index contributed by atoms with van der Waals surface area (Å²) in [5.41, 5.74) is 1.07. The minimum Gasteiger partial charge on any atom is -1.00 e. The smallest absolute Gasteiger partial charge is 0.255 e. The molecule has 0 unspecified atom stereocenters. The monoisotopic (exact) mass is 449 g/mol. The second kappa shape index (κ2) is 10.5. The predicted molar refractivity (Wildman–Crippen MR) is 91.8 cm³/mol. The first-order chi connectivity index (χ1) is 10.8. The van der Waals surface area contributed by atoms with Gasteiger partial charge >= 0.3 is 0 Å². The molecule has 0 fully saturated rings. The van der Waals surface area contributed by atoms with Gasteiger partial charge in [0.25, 0.3) is 5.91 Å².